The Hall–Kier alpha value is -1.26. The summed E-state index contributed by atoms with van der Waals surface area (Å²) in [7, 11) is 5.91. The van der Waals surface area contributed by atoms with Crippen molar-refractivity contribution in [2.24, 2.45) is 0 Å². The maximum absolute atomic E-state index is 5.36. The summed E-state index contributed by atoms with van der Waals surface area (Å²) in [5, 5.41) is 3.26. The van der Waals surface area contributed by atoms with E-state index < -0.39 is 0 Å². The molecule has 100 valence electrons. The van der Waals surface area contributed by atoms with Gasteiger partial charge in [0.1, 0.15) is 0 Å². The molecule has 0 bridgehead atoms. The summed E-state index contributed by atoms with van der Waals surface area (Å²) in [6.45, 7) is 3.79. The predicted octanol–water partition coefficient (Wildman–Crippen LogP) is 1.18. The van der Waals surface area contributed by atoms with Crippen LogP contribution in [0.1, 0.15) is 0 Å². The maximum Gasteiger partial charge on any atom is 0.0678 e. The maximum atomic E-state index is 5.36. The number of nitrogens with zero attached hydrogens (tertiary/aromatic N) is 2. The number of methoxy groups -OCH3 is 1. The summed E-state index contributed by atoms with van der Waals surface area (Å²) in [6, 6.07) is 8.97. The van der Waals surface area contributed by atoms with Gasteiger partial charge in [0, 0.05) is 33.8 Å². The zero-order chi connectivity index (χ0) is 13.0. The second-order valence-corrected chi connectivity index (χ2v) is 4.77. The molecule has 0 amide bonds. The van der Waals surface area contributed by atoms with Crippen LogP contribution in [-0.4, -0.2) is 53.5 Å². The van der Waals surface area contributed by atoms with Crippen LogP contribution in [0, 0.1) is 0 Å². The average Bonchev–Trinajstić information content (AvgIpc) is 2.39. The Morgan fingerprint density at radius 2 is 2.00 bits per heavy atom. The fourth-order valence-electron chi connectivity index (χ4n) is 2.59. The minimum absolute atomic E-state index is 0.384. The zero-order valence-corrected chi connectivity index (χ0v) is 11.5. The number of fused-ring (bicyclic) bond motifs is 1. The van der Waals surface area contributed by atoms with Gasteiger partial charge in [0.05, 0.1) is 24.0 Å². The molecule has 0 saturated heterocycles. The third kappa shape index (κ3) is 2.60. The van der Waals surface area contributed by atoms with Gasteiger partial charge in [0.25, 0.3) is 0 Å². The van der Waals surface area contributed by atoms with Gasteiger partial charge in [-0.25, -0.2) is 0 Å². The molecule has 2 rings (SSSR count). The lowest BCUT2D eigenvalue weighted by Crippen LogP contribution is -2.50. The van der Waals surface area contributed by atoms with Gasteiger partial charge < -0.3 is 19.9 Å². The highest BCUT2D eigenvalue weighted by atomic mass is 16.5. The van der Waals surface area contributed by atoms with Crippen LogP contribution in [0.15, 0.2) is 24.3 Å². The Balaban J connectivity index is 2.26. The zero-order valence-electron chi connectivity index (χ0n) is 11.5. The molecular weight excluding hydrogens is 226 g/mol. The van der Waals surface area contributed by atoms with E-state index in [-0.39, 0.29) is 0 Å². The van der Waals surface area contributed by atoms with Crippen molar-refractivity contribution in [1.82, 2.24) is 5.32 Å². The highest BCUT2D eigenvalue weighted by Crippen LogP contribution is 2.32. The molecule has 1 unspecified atom stereocenters. The first kappa shape index (κ1) is 13.2. The number of ether oxygens (including phenoxy) is 1. The SMILES string of the molecule is CNCC(COC)N1CCN(C)c2ccccc21. The second kappa shape index (κ2) is 6.07. The Kier molecular flexibility index (Phi) is 4.44. The standard InChI is InChI=1S/C14H23N3O/c1-15-10-12(11-18-3)17-9-8-16(2)13-6-4-5-7-14(13)17/h4-7,12,15H,8-11H2,1-3H3. The van der Waals surface area contributed by atoms with Crippen LogP contribution in [-0.2, 0) is 4.74 Å². The second-order valence-electron chi connectivity index (χ2n) is 4.77. The molecule has 4 nitrogen and oxygen atoms in total. The van der Waals surface area contributed by atoms with Crippen LogP contribution >= 0.6 is 0 Å². The Morgan fingerprint density at radius 1 is 1.28 bits per heavy atom. The topological polar surface area (TPSA) is 27.7 Å². The number of hydrogen-bond donors (Lipinski definition) is 1. The summed E-state index contributed by atoms with van der Waals surface area (Å²) in [5.41, 5.74) is 2.62. The normalized spacial score (nSPS) is 16.6. The first-order chi connectivity index (χ1) is 8.77. The molecule has 1 atom stereocenters. The van der Waals surface area contributed by atoms with Crippen molar-refractivity contribution >= 4 is 11.4 Å². The first-order valence-corrected chi connectivity index (χ1v) is 6.48. The number of para-hydroxylation sites is 2. The molecule has 0 aromatic heterocycles. The van der Waals surface area contributed by atoms with Gasteiger partial charge >= 0.3 is 0 Å². The van der Waals surface area contributed by atoms with E-state index in [9.17, 15) is 0 Å². The van der Waals surface area contributed by atoms with Gasteiger partial charge in [-0.3, -0.25) is 0 Å². The molecule has 0 radical (unpaired) electrons. The summed E-state index contributed by atoms with van der Waals surface area (Å²) >= 11 is 0. The van der Waals surface area contributed by atoms with E-state index >= 15 is 0 Å². The van der Waals surface area contributed by atoms with E-state index in [0.29, 0.717) is 6.04 Å². The van der Waals surface area contributed by atoms with Crippen molar-refractivity contribution < 1.29 is 4.74 Å². The van der Waals surface area contributed by atoms with Crippen molar-refractivity contribution in [2.45, 2.75) is 6.04 Å². The number of likely N-dealkylation sites (N-methyl/N-ethyl adjacent to an activating group) is 2. The molecule has 1 heterocycles. The van der Waals surface area contributed by atoms with E-state index in [1.165, 1.54) is 11.4 Å². The van der Waals surface area contributed by atoms with Gasteiger partial charge in [0.15, 0.2) is 0 Å². The molecule has 1 aliphatic heterocycles. The molecule has 1 aliphatic rings. The minimum atomic E-state index is 0.384. The Bertz CT molecular complexity index is 377. The highest BCUT2D eigenvalue weighted by Gasteiger charge is 2.25. The van der Waals surface area contributed by atoms with Crippen molar-refractivity contribution in [3.8, 4) is 0 Å². The molecule has 4 heteroatoms. The van der Waals surface area contributed by atoms with Gasteiger partial charge in [-0.15, -0.1) is 0 Å². The monoisotopic (exact) mass is 249 g/mol. The van der Waals surface area contributed by atoms with E-state index in [1.807, 2.05) is 7.05 Å². The van der Waals surface area contributed by atoms with Crippen LogP contribution in [0.4, 0.5) is 11.4 Å². The first-order valence-electron chi connectivity index (χ1n) is 6.48. The lowest BCUT2D eigenvalue weighted by molar-refractivity contribution is 0.176. The molecule has 0 spiro atoms. The molecule has 0 aliphatic carbocycles. The smallest absolute Gasteiger partial charge is 0.0678 e. The van der Waals surface area contributed by atoms with Gasteiger partial charge in [-0.1, -0.05) is 12.1 Å². The summed E-state index contributed by atoms with van der Waals surface area (Å²) in [5.74, 6) is 0. The number of anilines is 2. The van der Waals surface area contributed by atoms with Crippen LogP contribution in [0.3, 0.4) is 0 Å². The molecule has 0 fully saturated rings. The third-order valence-electron chi connectivity index (χ3n) is 3.52. The minimum Gasteiger partial charge on any atom is -0.383 e. The van der Waals surface area contributed by atoms with Crippen molar-refractivity contribution in [1.29, 1.82) is 0 Å². The lowest BCUT2D eigenvalue weighted by atomic mass is 10.1. The Labute approximate surface area is 110 Å². The molecular formula is C14H23N3O. The van der Waals surface area contributed by atoms with Crippen molar-refractivity contribution in [2.75, 3.05) is 57.2 Å². The molecule has 0 saturated carbocycles. The van der Waals surface area contributed by atoms with Crippen LogP contribution in [0.2, 0.25) is 0 Å². The summed E-state index contributed by atoms with van der Waals surface area (Å²) in [4.78, 5) is 4.77. The molecule has 18 heavy (non-hydrogen) atoms. The van der Waals surface area contributed by atoms with E-state index in [2.05, 4.69) is 46.4 Å². The van der Waals surface area contributed by atoms with E-state index in [4.69, 9.17) is 4.74 Å². The van der Waals surface area contributed by atoms with E-state index in [0.717, 1.165) is 26.2 Å². The fourth-order valence-corrected chi connectivity index (χ4v) is 2.59. The number of nitrogens with one attached hydrogen (secondary N) is 1. The third-order valence-corrected chi connectivity index (χ3v) is 3.52. The van der Waals surface area contributed by atoms with Crippen LogP contribution in [0.25, 0.3) is 0 Å². The summed E-state index contributed by atoms with van der Waals surface area (Å²) < 4.78 is 5.36. The molecule has 1 aromatic carbocycles. The number of benzene rings is 1. The van der Waals surface area contributed by atoms with Crippen LogP contribution < -0.4 is 15.1 Å². The summed E-state index contributed by atoms with van der Waals surface area (Å²) in [6.07, 6.45) is 0. The quantitative estimate of drug-likeness (QED) is 0.848. The number of rotatable bonds is 5. The Morgan fingerprint density at radius 3 is 2.67 bits per heavy atom. The van der Waals surface area contributed by atoms with Gasteiger partial charge in [-0.2, -0.15) is 0 Å². The fraction of sp³-hybridized carbons (Fsp3) is 0.571. The highest BCUT2D eigenvalue weighted by molar-refractivity contribution is 5.73. The average molecular weight is 249 g/mol. The van der Waals surface area contributed by atoms with Crippen LogP contribution in [0.5, 0.6) is 0 Å². The van der Waals surface area contributed by atoms with E-state index in [1.54, 1.807) is 7.11 Å². The van der Waals surface area contributed by atoms with Crippen molar-refractivity contribution in [3.63, 3.8) is 0 Å². The lowest BCUT2D eigenvalue weighted by Gasteiger charge is -2.41. The van der Waals surface area contributed by atoms with Gasteiger partial charge in [-0.05, 0) is 19.2 Å². The molecule has 1 aromatic rings. The number of hydrogen-bond acceptors (Lipinski definition) is 4. The molecule has 1 N–H and O–H groups in total. The largest absolute Gasteiger partial charge is 0.383 e. The predicted molar refractivity (Wildman–Crippen MR) is 76.6 cm³/mol. The van der Waals surface area contributed by atoms with Gasteiger partial charge in [0.2, 0.25) is 0 Å². The van der Waals surface area contributed by atoms with Crippen molar-refractivity contribution in [3.05, 3.63) is 24.3 Å².